The first-order valence-corrected chi connectivity index (χ1v) is 6.22. The molecule has 13 heavy (non-hydrogen) atoms. The van der Waals surface area contributed by atoms with Gasteiger partial charge in [0.2, 0.25) is 0 Å². The molecule has 0 aromatic carbocycles. The third kappa shape index (κ3) is 7.64. The quantitative estimate of drug-likeness (QED) is 0.259. The molecule has 0 spiro atoms. The Hall–Kier alpha value is 0.584. The van der Waals surface area contributed by atoms with Gasteiger partial charge in [-0.25, -0.2) is 0 Å². The highest BCUT2D eigenvalue weighted by molar-refractivity contribution is 7.75. The van der Waals surface area contributed by atoms with E-state index < -0.39 is 0 Å². The molecule has 0 radical (unpaired) electrons. The van der Waals surface area contributed by atoms with Crippen LogP contribution in [0.2, 0.25) is 20.0 Å². The predicted molar refractivity (Wildman–Crippen MR) is 85.2 cm³/mol. The van der Waals surface area contributed by atoms with Gasteiger partial charge in [0.1, 0.15) is 0 Å². The van der Waals surface area contributed by atoms with Crippen molar-refractivity contribution in [3.05, 3.63) is 0 Å². The first kappa shape index (κ1) is 13.6. The number of hydrogen-bond donors (Lipinski definition) is 0. The third-order valence-electron chi connectivity index (χ3n) is 3.23. The van der Waals surface area contributed by atoms with Crippen molar-refractivity contribution < 1.29 is 0 Å². The van der Waals surface area contributed by atoms with Crippen molar-refractivity contribution in [1.82, 2.24) is 0 Å². The zero-order chi connectivity index (χ0) is 10.1. The highest BCUT2D eigenvalue weighted by atomic mass is 13.3. The SMILES string of the molecule is BBBB(C)B(C)BBBBCC. The average molecular weight is 165 g/mol. The second-order valence-corrected chi connectivity index (χ2v) is 4.59. The summed E-state index contributed by atoms with van der Waals surface area (Å²) in [6.07, 6.45) is 1.36. The summed E-state index contributed by atoms with van der Waals surface area (Å²) in [4.78, 5) is 0. The summed E-state index contributed by atoms with van der Waals surface area (Å²) >= 11 is 0. The lowest BCUT2D eigenvalue weighted by Gasteiger charge is -2.10. The second-order valence-electron chi connectivity index (χ2n) is 4.59. The lowest BCUT2D eigenvalue weighted by atomic mass is 8.77. The van der Waals surface area contributed by atoms with Crippen molar-refractivity contribution in [2.24, 2.45) is 0 Å². The van der Waals surface area contributed by atoms with E-state index in [1.54, 1.807) is 0 Å². The third-order valence-corrected chi connectivity index (χ3v) is 3.23. The molecule has 0 aliphatic carbocycles. The average Bonchev–Trinajstić information content (AvgIpc) is 2.12. The summed E-state index contributed by atoms with van der Waals surface area (Å²) in [7, 11) is 10.8. The normalized spacial score (nSPS) is 8.23. The molecule has 0 aromatic rings. The molecule has 0 N–H and O–H groups in total. The van der Waals surface area contributed by atoms with E-state index in [0.29, 0.717) is 0 Å². The van der Waals surface area contributed by atoms with Crippen molar-refractivity contribution in [2.45, 2.75) is 26.9 Å². The Morgan fingerprint density at radius 2 is 1.69 bits per heavy atom. The lowest BCUT2D eigenvalue weighted by Crippen LogP contribution is -2.46. The molecular formula is C4H19B9. The maximum Gasteiger partial charge on any atom is 0.0772 e. The van der Waals surface area contributed by atoms with Crippen LogP contribution < -0.4 is 0 Å². The Morgan fingerprint density at radius 3 is 2.23 bits per heavy atom. The maximum absolute atomic E-state index is 2.42. The van der Waals surface area contributed by atoms with Gasteiger partial charge < -0.3 is 0 Å². The van der Waals surface area contributed by atoms with Gasteiger partial charge in [-0.3, -0.25) is 0 Å². The van der Waals surface area contributed by atoms with E-state index in [9.17, 15) is 0 Å². The molecule has 0 fully saturated rings. The molecule has 0 saturated carbocycles. The van der Waals surface area contributed by atoms with Gasteiger partial charge in [-0.15, -0.1) is 13.6 Å². The van der Waals surface area contributed by atoms with Crippen LogP contribution in [0.3, 0.4) is 0 Å². The molecule has 0 bridgehead atoms. The van der Waals surface area contributed by atoms with E-state index in [1.807, 2.05) is 0 Å². The van der Waals surface area contributed by atoms with E-state index in [-0.39, 0.29) is 0 Å². The first-order chi connectivity index (χ1) is 6.22. The predicted octanol–water partition coefficient (Wildman–Crippen LogP) is -3.43. The molecule has 0 unspecified atom stereocenters. The van der Waals surface area contributed by atoms with E-state index >= 15 is 0 Å². The molecule has 0 atom stereocenters. The van der Waals surface area contributed by atoms with Gasteiger partial charge in [0.25, 0.3) is 0 Å². The van der Waals surface area contributed by atoms with Crippen LogP contribution in [-0.2, 0) is 0 Å². The van der Waals surface area contributed by atoms with Gasteiger partial charge in [-0.05, 0) is 0 Å². The van der Waals surface area contributed by atoms with Crippen LogP contribution >= 0.6 is 0 Å². The summed E-state index contributed by atoms with van der Waals surface area (Å²) in [5.74, 6) is 0. The van der Waals surface area contributed by atoms with Crippen LogP contribution in [0.5, 0.6) is 0 Å². The topological polar surface area (TPSA) is 0 Å². The van der Waals surface area contributed by atoms with Crippen molar-refractivity contribution in [2.75, 3.05) is 0 Å². The van der Waals surface area contributed by atoms with E-state index in [2.05, 4.69) is 28.3 Å². The molecule has 9 heteroatoms. The van der Waals surface area contributed by atoms with E-state index in [0.717, 1.165) is 13.0 Å². The minimum atomic E-state index is 0.937. The van der Waals surface area contributed by atoms with Crippen molar-refractivity contribution in [3.63, 3.8) is 0 Å². The van der Waals surface area contributed by atoms with E-state index in [1.165, 1.54) is 48.8 Å². The Kier molecular flexibility index (Phi) is 9.56. The second kappa shape index (κ2) is 9.15. The first-order valence-electron chi connectivity index (χ1n) is 6.22. The fraction of sp³-hybridized carbons (Fsp3) is 1.00. The molecular weight excluding hydrogens is 145 g/mol. The molecule has 0 amide bonds. The van der Waals surface area contributed by atoms with Gasteiger partial charge in [0.15, 0.2) is 0 Å². The highest BCUT2D eigenvalue weighted by Gasteiger charge is 2.18. The Labute approximate surface area is 90.4 Å². The molecule has 0 saturated heterocycles. The Balaban J connectivity index is 3.32. The zero-order valence-corrected chi connectivity index (χ0v) is 10.1. The van der Waals surface area contributed by atoms with Gasteiger partial charge in [0, 0.05) is 35.3 Å². The summed E-state index contributed by atoms with van der Waals surface area (Å²) in [6.45, 7) is 8.99. The summed E-state index contributed by atoms with van der Waals surface area (Å²) in [5, 5.41) is 0. The molecule has 62 valence electrons. The van der Waals surface area contributed by atoms with Crippen LogP contribution in [0.1, 0.15) is 6.92 Å². The van der Waals surface area contributed by atoms with Crippen molar-refractivity contribution in [3.8, 4) is 0 Å². The van der Waals surface area contributed by atoms with Crippen molar-refractivity contribution in [1.29, 1.82) is 0 Å². The fourth-order valence-electron chi connectivity index (χ4n) is 1.92. The van der Waals surface area contributed by atoms with Gasteiger partial charge in [-0.2, -0.15) is 0 Å². The van der Waals surface area contributed by atoms with E-state index in [4.69, 9.17) is 0 Å². The lowest BCUT2D eigenvalue weighted by molar-refractivity contribution is 1.47. The van der Waals surface area contributed by atoms with Gasteiger partial charge >= 0.3 is 0 Å². The van der Waals surface area contributed by atoms with Crippen LogP contribution in [-0.4, -0.2) is 63.2 Å². The molecule has 0 nitrogen and oxygen atoms in total. The molecule has 0 aliphatic rings. The monoisotopic (exact) mass is 166 g/mol. The van der Waals surface area contributed by atoms with Gasteiger partial charge in [0.05, 0.1) is 27.9 Å². The van der Waals surface area contributed by atoms with Crippen molar-refractivity contribution >= 4 is 63.2 Å². The summed E-state index contributed by atoms with van der Waals surface area (Å²) in [6, 6.07) is 0. The standard InChI is InChI=1S/C4H19B9/c1-4-6-8-9-11-13(3)12(2)10-7-5/h6-11H,4-5H2,1-3H3. The molecule has 0 aromatic heterocycles. The molecule has 0 aliphatic heterocycles. The molecule has 0 heterocycles. The molecule has 0 rings (SSSR count). The Morgan fingerprint density at radius 1 is 1.08 bits per heavy atom. The summed E-state index contributed by atoms with van der Waals surface area (Å²) < 4.78 is 0. The summed E-state index contributed by atoms with van der Waals surface area (Å²) in [5.41, 5.74) is 0. The zero-order valence-electron chi connectivity index (χ0n) is 10.1. The highest BCUT2D eigenvalue weighted by Crippen LogP contribution is 1.85. The number of hydrogen-bond acceptors (Lipinski definition) is 0. The number of rotatable bonds is 8. The minimum Gasteiger partial charge on any atom is -0.100 e. The maximum atomic E-state index is 2.42. The van der Waals surface area contributed by atoms with Crippen LogP contribution in [0.4, 0.5) is 0 Å². The van der Waals surface area contributed by atoms with Crippen LogP contribution in [0.25, 0.3) is 0 Å². The minimum absolute atomic E-state index is 0.937. The van der Waals surface area contributed by atoms with Gasteiger partial charge in [-0.1, -0.05) is 13.2 Å². The van der Waals surface area contributed by atoms with Crippen LogP contribution in [0.15, 0.2) is 0 Å². The largest absolute Gasteiger partial charge is 0.100 e. The van der Waals surface area contributed by atoms with Crippen LogP contribution in [0, 0.1) is 0 Å². The smallest absolute Gasteiger partial charge is 0.0772 e. The fourth-order valence-corrected chi connectivity index (χ4v) is 1.92. The Bertz CT molecular complexity index is 108.